The molecule has 0 radical (unpaired) electrons. The Bertz CT molecular complexity index is 359. The fourth-order valence-corrected chi connectivity index (χ4v) is 1.98. The lowest BCUT2D eigenvalue weighted by atomic mass is 9.84. The third-order valence-corrected chi connectivity index (χ3v) is 3.12. The molecule has 96 valence electrons. The molecule has 2 N–H and O–H groups in total. The number of hydrogen-bond acceptors (Lipinski definition) is 2. The summed E-state index contributed by atoms with van der Waals surface area (Å²) in [5.41, 5.74) is 6.11. The number of rotatable bonds is 4. The van der Waals surface area contributed by atoms with Crippen LogP contribution in [0.4, 0.5) is 0 Å². The van der Waals surface area contributed by atoms with Gasteiger partial charge in [0.1, 0.15) is 11.9 Å². The van der Waals surface area contributed by atoms with Gasteiger partial charge in [-0.15, -0.1) is 0 Å². The van der Waals surface area contributed by atoms with Crippen LogP contribution in [0.25, 0.3) is 0 Å². The maximum Gasteiger partial charge on any atom is 0.138 e. The molecule has 0 aliphatic carbocycles. The highest BCUT2D eigenvalue weighted by molar-refractivity contribution is 6.32. The summed E-state index contributed by atoms with van der Waals surface area (Å²) in [6.45, 7) is 8.46. The van der Waals surface area contributed by atoms with E-state index in [1.54, 1.807) is 0 Å². The molecule has 1 aromatic carbocycles. The van der Waals surface area contributed by atoms with Crippen LogP contribution in [-0.2, 0) is 0 Å². The summed E-state index contributed by atoms with van der Waals surface area (Å²) in [6, 6.07) is 7.52. The zero-order valence-electron chi connectivity index (χ0n) is 11.0. The van der Waals surface area contributed by atoms with Gasteiger partial charge in [0.25, 0.3) is 0 Å². The Morgan fingerprint density at radius 2 is 1.88 bits per heavy atom. The molecule has 0 fully saturated rings. The van der Waals surface area contributed by atoms with Crippen molar-refractivity contribution in [3.05, 3.63) is 29.3 Å². The molecule has 0 saturated heterocycles. The Kier molecular flexibility index (Phi) is 4.84. The van der Waals surface area contributed by atoms with Crippen LogP contribution in [0.5, 0.6) is 5.75 Å². The Morgan fingerprint density at radius 1 is 1.29 bits per heavy atom. The normalized spacial score (nSPS) is 15.4. The molecular formula is C14H22ClNO. The monoisotopic (exact) mass is 255 g/mol. The van der Waals surface area contributed by atoms with Crippen molar-refractivity contribution in [2.24, 2.45) is 11.1 Å². The minimum absolute atomic E-state index is 0.00581. The number of benzene rings is 1. The molecule has 0 aliphatic rings. The maximum absolute atomic E-state index is 6.13. The minimum Gasteiger partial charge on any atom is -0.487 e. The van der Waals surface area contributed by atoms with Gasteiger partial charge in [0.15, 0.2) is 0 Å². The lowest BCUT2D eigenvalue weighted by molar-refractivity contribution is 0.0623. The Hall–Kier alpha value is -0.730. The van der Waals surface area contributed by atoms with Gasteiger partial charge in [0, 0.05) is 11.5 Å². The third-order valence-electron chi connectivity index (χ3n) is 2.80. The van der Waals surface area contributed by atoms with E-state index in [9.17, 15) is 0 Å². The average molecular weight is 256 g/mol. The van der Waals surface area contributed by atoms with Crippen molar-refractivity contribution in [1.29, 1.82) is 0 Å². The van der Waals surface area contributed by atoms with E-state index in [-0.39, 0.29) is 17.6 Å². The van der Waals surface area contributed by atoms with Gasteiger partial charge in [0.2, 0.25) is 0 Å². The molecule has 1 aromatic rings. The average Bonchev–Trinajstić information content (AvgIpc) is 2.25. The molecule has 2 nitrogen and oxygen atoms in total. The van der Waals surface area contributed by atoms with Crippen LogP contribution in [0.2, 0.25) is 5.02 Å². The fourth-order valence-electron chi connectivity index (χ4n) is 1.80. The highest BCUT2D eigenvalue weighted by Crippen LogP contribution is 2.31. The quantitative estimate of drug-likeness (QED) is 0.887. The standard InChI is InChI=1S/C14H22ClNO/c1-5-11(16)13(14(2,3)4)17-12-9-7-6-8-10(12)15/h6-9,11,13H,5,16H2,1-4H3. The summed E-state index contributed by atoms with van der Waals surface area (Å²) >= 11 is 6.10. The van der Waals surface area contributed by atoms with Crippen LogP contribution in [0.15, 0.2) is 24.3 Å². The lowest BCUT2D eigenvalue weighted by Crippen LogP contribution is -2.47. The SMILES string of the molecule is CCC(N)C(Oc1ccccc1Cl)C(C)(C)C. The Labute approximate surface area is 109 Å². The molecule has 0 amide bonds. The molecule has 2 unspecified atom stereocenters. The molecule has 0 saturated carbocycles. The number of para-hydroxylation sites is 1. The van der Waals surface area contributed by atoms with Gasteiger partial charge in [-0.3, -0.25) is 0 Å². The number of nitrogens with two attached hydrogens (primary N) is 1. The topological polar surface area (TPSA) is 35.2 Å². The second kappa shape index (κ2) is 5.74. The van der Waals surface area contributed by atoms with Gasteiger partial charge >= 0.3 is 0 Å². The molecule has 17 heavy (non-hydrogen) atoms. The predicted octanol–water partition coefficient (Wildman–Crippen LogP) is 3.87. The van der Waals surface area contributed by atoms with Gasteiger partial charge < -0.3 is 10.5 Å². The summed E-state index contributed by atoms with van der Waals surface area (Å²) in [4.78, 5) is 0. The van der Waals surface area contributed by atoms with Crippen LogP contribution >= 0.6 is 11.6 Å². The smallest absolute Gasteiger partial charge is 0.138 e. The summed E-state index contributed by atoms with van der Waals surface area (Å²) in [5.74, 6) is 0.706. The van der Waals surface area contributed by atoms with E-state index in [1.165, 1.54) is 0 Å². The van der Waals surface area contributed by atoms with E-state index in [2.05, 4.69) is 27.7 Å². The number of halogens is 1. The van der Waals surface area contributed by atoms with E-state index in [0.717, 1.165) is 6.42 Å². The van der Waals surface area contributed by atoms with Gasteiger partial charge in [-0.1, -0.05) is 51.4 Å². The Morgan fingerprint density at radius 3 is 2.35 bits per heavy atom. The molecule has 3 heteroatoms. The van der Waals surface area contributed by atoms with Crippen molar-refractivity contribution < 1.29 is 4.74 Å². The van der Waals surface area contributed by atoms with Crippen molar-refractivity contribution in [3.63, 3.8) is 0 Å². The van der Waals surface area contributed by atoms with E-state index in [0.29, 0.717) is 10.8 Å². The van der Waals surface area contributed by atoms with Crippen LogP contribution in [0.3, 0.4) is 0 Å². The molecule has 0 aromatic heterocycles. The van der Waals surface area contributed by atoms with E-state index < -0.39 is 0 Å². The molecular weight excluding hydrogens is 234 g/mol. The van der Waals surface area contributed by atoms with Crippen LogP contribution < -0.4 is 10.5 Å². The van der Waals surface area contributed by atoms with Crippen molar-refractivity contribution in [1.82, 2.24) is 0 Å². The molecule has 1 rings (SSSR count). The van der Waals surface area contributed by atoms with E-state index in [1.807, 2.05) is 24.3 Å². The zero-order valence-corrected chi connectivity index (χ0v) is 11.8. The van der Waals surface area contributed by atoms with Crippen molar-refractivity contribution in [2.45, 2.75) is 46.3 Å². The van der Waals surface area contributed by atoms with Gasteiger partial charge in [-0.25, -0.2) is 0 Å². The number of hydrogen-bond donors (Lipinski definition) is 1. The van der Waals surface area contributed by atoms with Gasteiger partial charge in [0.05, 0.1) is 5.02 Å². The van der Waals surface area contributed by atoms with Gasteiger partial charge in [-0.05, 0) is 18.6 Å². The van der Waals surface area contributed by atoms with E-state index >= 15 is 0 Å². The fraction of sp³-hybridized carbons (Fsp3) is 0.571. The molecule has 2 atom stereocenters. The largest absolute Gasteiger partial charge is 0.487 e. The number of ether oxygens (including phenoxy) is 1. The molecule has 0 bridgehead atoms. The molecule has 0 spiro atoms. The summed E-state index contributed by atoms with van der Waals surface area (Å²) in [7, 11) is 0. The summed E-state index contributed by atoms with van der Waals surface area (Å²) < 4.78 is 6.01. The van der Waals surface area contributed by atoms with Crippen molar-refractivity contribution in [3.8, 4) is 5.75 Å². The summed E-state index contributed by atoms with van der Waals surface area (Å²) in [6.07, 6.45) is 0.833. The first-order valence-electron chi connectivity index (χ1n) is 6.03. The van der Waals surface area contributed by atoms with E-state index in [4.69, 9.17) is 22.1 Å². The third kappa shape index (κ3) is 3.90. The lowest BCUT2D eigenvalue weighted by Gasteiger charge is -2.35. The first-order valence-corrected chi connectivity index (χ1v) is 6.40. The highest BCUT2D eigenvalue weighted by atomic mass is 35.5. The first-order chi connectivity index (χ1) is 7.86. The van der Waals surface area contributed by atoms with Crippen molar-refractivity contribution in [2.75, 3.05) is 0 Å². The Balaban J connectivity index is 2.91. The van der Waals surface area contributed by atoms with Crippen LogP contribution in [0, 0.1) is 5.41 Å². The van der Waals surface area contributed by atoms with Crippen molar-refractivity contribution >= 4 is 11.6 Å². The summed E-state index contributed by atoms with van der Waals surface area (Å²) in [5, 5.41) is 0.630. The zero-order chi connectivity index (χ0) is 13.1. The maximum atomic E-state index is 6.13. The van der Waals surface area contributed by atoms with Crippen LogP contribution in [-0.4, -0.2) is 12.1 Å². The predicted molar refractivity (Wildman–Crippen MR) is 73.6 cm³/mol. The minimum atomic E-state index is -0.0487. The first kappa shape index (κ1) is 14.3. The van der Waals surface area contributed by atoms with Gasteiger partial charge in [-0.2, -0.15) is 0 Å². The highest BCUT2D eigenvalue weighted by Gasteiger charge is 2.31. The molecule has 0 heterocycles. The molecule has 0 aliphatic heterocycles. The van der Waals surface area contributed by atoms with Crippen LogP contribution in [0.1, 0.15) is 34.1 Å². The second-order valence-electron chi connectivity index (χ2n) is 5.41. The second-order valence-corrected chi connectivity index (χ2v) is 5.81.